The summed E-state index contributed by atoms with van der Waals surface area (Å²) in [5.41, 5.74) is 2.22. The van der Waals surface area contributed by atoms with E-state index in [0.717, 1.165) is 29.2 Å². The van der Waals surface area contributed by atoms with Crippen molar-refractivity contribution in [2.75, 3.05) is 26.2 Å². The summed E-state index contributed by atoms with van der Waals surface area (Å²) in [5, 5.41) is 4.43. The summed E-state index contributed by atoms with van der Waals surface area (Å²) in [5.74, 6) is 0. The van der Waals surface area contributed by atoms with Gasteiger partial charge in [0.2, 0.25) is 0 Å². The Bertz CT molecular complexity index is 771. The van der Waals surface area contributed by atoms with Gasteiger partial charge in [0.05, 0.1) is 6.04 Å². The zero-order valence-corrected chi connectivity index (χ0v) is 17.2. The number of amides is 2. The first-order valence-electron chi connectivity index (χ1n) is 9.25. The lowest BCUT2D eigenvalue weighted by atomic mass is 9.96. The molecule has 2 aromatic rings. The van der Waals surface area contributed by atoms with Crippen molar-refractivity contribution < 1.29 is 4.79 Å². The van der Waals surface area contributed by atoms with E-state index in [4.69, 9.17) is 23.2 Å². The molecule has 0 radical (unpaired) electrons. The Morgan fingerprint density at radius 1 is 0.963 bits per heavy atom. The van der Waals surface area contributed by atoms with Gasteiger partial charge in [0.1, 0.15) is 0 Å². The molecular weight excluding hydrogens is 381 g/mol. The molecule has 3 rings (SSSR count). The van der Waals surface area contributed by atoms with Crippen molar-refractivity contribution in [1.82, 2.24) is 15.1 Å². The number of carbonyl (C=O) groups excluding carboxylic acids is 1. The van der Waals surface area contributed by atoms with Gasteiger partial charge < -0.3 is 10.2 Å². The lowest BCUT2D eigenvalue weighted by Crippen LogP contribution is -2.53. The predicted molar refractivity (Wildman–Crippen MR) is 112 cm³/mol. The smallest absolute Gasteiger partial charge is 0.317 e. The standard InChI is InChI=1S/C21H25Cl2N3O/c1-15(2)24-21(27)26-13-11-25(12-14-26)20(16-7-9-17(22)10-8-16)18-5-3-4-6-19(18)23/h3-10,15,20H,11-14H2,1-2H3,(H,24,27). The van der Waals surface area contributed by atoms with Crippen molar-refractivity contribution in [3.05, 3.63) is 69.7 Å². The Hall–Kier alpha value is -1.75. The van der Waals surface area contributed by atoms with E-state index >= 15 is 0 Å². The molecule has 0 spiro atoms. The Kier molecular flexibility index (Phi) is 6.64. The van der Waals surface area contributed by atoms with E-state index in [1.54, 1.807) is 0 Å². The molecule has 1 aliphatic rings. The summed E-state index contributed by atoms with van der Waals surface area (Å²) in [6.07, 6.45) is 0. The van der Waals surface area contributed by atoms with Crippen LogP contribution in [0.1, 0.15) is 31.0 Å². The molecule has 4 nitrogen and oxygen atoms in total. The second-order valence-corrected chi connectivity index (χ2v) is 7.95. The van der Waals surface area contributed by atoms with Crippen LogP contribution in [0.15, 0.2) is 48.5 Å². The fraction of sp³-hybridized carbons (Fsp3) is 0.381. The molecule has 0 aliphatic carbocycles. The molecule has 1 aliphatic heterocycles. The molecule has 1 atom stereocenters. The van der Waals surface area contributed by atoms with Gasteiger partial charge in [0, 0.05) is 42.3 Å². The Morgan fingerprint density at radius 2 is 1.59 bits per heavy atom. The Morgan fingerprint density at radius 3 is 2.19 bits per heavy atom. The van der Waals surface area contributed by atoms with Gasteiger partial charge in [-0.25, -0.2) is 4.79 Å². The van der Waals surface area contributed by atoms with E-state index in [2.05, 4.69) is 16.3 Å². The highest BCUT2D eigenvalue weighted by atomic mass is 35.5. The first kappa shape index (κ1) is 20.0. The van der Waals surface area contributed by atoms with Crippen LogP contribution in [-0.2, 0) is 0 Å². The quantitative estimate of drug-likeness (QED) is 0.791. The maximum absolute atomic E-state index is 12.3. The minimum atomic E-state index is 0.00503. The number of hydrogen-bond donors (Lipinski definition) is 1. The van der Waals surface area contributed by atoms with E-state index in [1.165, 1.54) is 0 Å². The predicted octanol–water partition coefficient (Wildman–Crippen LogP) is 4.82. The molecule has 27 heavy (non-hydrogen) atoms. The third-order valence-electron chi connectivity index (χ3n) is 4.76. The van der Waals surface area contributed by atoms with Crippen molar-refractivity contribution in [3.63, 3.8) is 0 Å². The second-order valence-electron chi connectivity index (χ2n) is 7.10. The molecule has 0 bridgehead atoms. The van der Waals surface area contributed by atoms with Gasteiger partial charge in [-0.2, -0.15) is 0 Å². The highest BCUT2D eigenvalue weighted by molar-refractivity contribution is 6.31. The molecule has 1 fully saturated rings. The average Bonchev–Trinajstić information content (AvgIpc) is 2.65. The monoisotopic (exact) mass is 405 g/mol. The van der Waals surface area contributed by atoms with Crippen molar-refractivity contribution in [3.8, 4) is 0 Å². The van der Waals surface area contributed by atoms with E-state index in [9.17, 15) is 4.79 Å². The molecular formula is C21H25Cl2N3O. The summed E-state index contributed by atoms with van der Waals surface area (Å²) in [4.78, 5) is 16.5. The zero-order chi connectivity index (χ0) is 19.4. The second kappa shape index (κ2) is 8.96. The highest BCUT2D eigenvalue weighted by Gasteiger charge is 2.29. The maximum atomic E-state index is 12.3. The number of rotatable bonds is 4. The van der Waals surface area contributed by atoms with Crippen molar-refractivity contribution >= 4 is 29.2 Å². The fourth-order valence-corrected chi connectivity index (χ4v) is 3.82. The van der Waals surface area contributed by atoms with Gasteiger partial charge >= 0.3 is 6.03 Å². The lowest BCUT2D eigenvalue weighted by molar-refractivity contribution is 0.119. The molecule has 2 amide bonds. The van der Waals surface area contributed by atoms with Crippen LogP contribution in [-0.4, -0.2) is 48.1 Å². The number of nitrogens with zero attached hydrogens (tertiary/aromatic N) is 2. The molecule has 1 unspecified atom stereocenters. The summed E-state index contributed by atoms with van der Waals surface area (Å²) >= 11 is 12.6. The van der Waals surface area contributed by atoms with Crippen molar-refractivity contribution in [1.29, 1.82) is 0 Å². The van der Waals surface area contributed by atoms with Crippen LogP contribution < -0.4 is 5.32 Å². The number of piperazine rings is 1. The SMILES string of the molecule is CC(C)NC(=O)N1CCN(C(c2ccc(Cl)cc2)c2ccccc2Cl)CC1. The minimum Gasteiger partial charge on any atom is -0.336 e. The van der Waals surface area contributed by atoms with Crippen LogP contribution in [0, 0.1) is 0 Å². The van der Waals surface area contributed by atoms with Gasteiger partial charge in [0.15, 0.2) is 0 Å². The molecule has 144 valence electrons. The van der Waals surface area contributed by atoms with E-state index in [1.807, 2.05) is 61.2 Å². The first-order valence-corrected chi connectivity index (χ1v) is 10.0. The lowest BCUT2D eigenvalue weighted by Gasteiger charge is -2.40. The topological polar surface area (TPSA) is 35.6 Å². The summed E-state index contributed by atoms with van der Waals surface area (Å²) in [6.45, 7) is 6.89. The Labute approximate surface area is 171 Å². The van der Waals surface area contributed by atoms with E-state index in [0.29, 0.717) is 18.1 Å². The largest absolute Gasteiger partial charge is 0.336 e. The van der Waals surface area contributed by atoms with Crippen LogP contribution in [0.4, 0.5) is 4.79 Å². The van der Waals surface area contributed by atoms with Crippen LogP contribution in [0.5, 0.6) is 0 Å². The molecule has 6 heteroatoms. The highest BCUT2D eigenvalue weighted by Crippen LogP contribution is 2.34. The number of benzene rings is 2. The Balaban J connectivity index is 1.82. The van der Waals surface area contributed by atoms with E-state index < -0.39 is 0 Å². The number of carbonyl (C=O) groups is 1. The van der Waals surface area contributed by atoms with Crippen LogP contribution in [0.3, 0.4) is 0 Å². The van der Waals surface area contributed by atoms with Gasteiger partial charge in [-0.3, -0.25) is 4.90 Å². The third-order valence-corrected chi connectivity index (χ3v) is 5.36. The fourth-order valence-electron chi connectivity index (χ4n) is 3.45. The normalized spacial score (nSPS) is 16.4. The van der Waals surface area contributed by atoms with Crippen LogP contribution in [0.2, 0.25) is 10.0 Å². The van der Waals surface area contributed by atoms with Crippen LogP contribution in [0.25, 0.3) is 0 Å². The zero-order valence-electron chi connectivity index (χ0n) is 15.7. The number of hydrogen-bond acceptors (Lipinski definition) is 2. The molecule has 1 N–H and O–H groups in total. The molecule has 0 saturated carbocycles. The van der Waals surface area contributed by atoms with Gasteiger partial charge in [-0.1, -0.05) is 53.5 Å². The third kappa shape index (κ3) is 4.95. The number of urea groups is 1. The summed E-state index contributed by atoms with van der Waals surface area (Å²) in [7, 11) is 0. The van der Waals surface area contributed by atoms with Gasteiger partial charge in [0.25, 0.3) is 0 Å². The van der Waals surface area contributed by atoms with Crippen molar-refractivity contribution in [2.24, 2.45) is 0 Å². The number of halogens is 2. The molecule has 2 aromatic carbocycles. The van der Waals surface area contributed by atoms with E-state index in [-0.39, 0.29) is 18.1 Å². The van der Waals surface area contributed by atoms with Crippen LogP contribution >= 0.6 is 23.2 Å². The van der Waals surface area contributed by atoms with Gasteiger partial charge in [-0.05, 0) is 43.2 Å². The summed E-state index contributed by atoms with van der Waals surface area (Å²) in [6, 6.07) is 16.0. The molecule has 1 heterocycles. The van der Waals surface area contributed by atoms with Gasteiger partial charge in [-0.15, -0.1) is 0 Å². The van der Waals surface area contributed by atoms with Crippen molar-refractivity contribution in [2.45, 2.75) is 25.9 Å². The maximum Gasteiger partial charge on any atom is 0.317 e. The number of nitrogens with one attached hydrogen (secondary N) is 1. The summed E-state index contributed by atoms with van der Waals surface area (Å²) < 4.78 is 0. The molecule has 0 aromatic heterocycles. The average molecular weight is 406 g/mol. The molecule has 1 saturated heterocycles. The minimum absolute atomic E-state index is 0.00503. The first-order chi connectivity index (χ1) is 13.0.